The third-order valence-corrected chi connectivity index (χ3v) is 2.92. The molecule has 3 N–H and O–H groups in total. The van der Waals surface area contributed by atoms with Gasteiger partial charge in [-0.15, -0.1) is 0 Å². The molecule has 0 spiro atoms. The minimum atomic E-state index is -0.126. The summed E-state index contributed by atoms with van der Waals surface area (Å²) in [6.45, 7) is 4.39. The zero-order valence-corrected chi connectivity index (χ0v) is 14.0. The number of nitrogens with one attached hydrogen (secondary N) is 3. The van der Waals surface area contributed by atoms with E-state index in [1.807, 2.05) is 31.2 Å². The molecule has 0 aliphatic carbocycles. The van der Waals surface area contributed by atoms with Crippen LogP contribution in [0.15, 0.2) is 29.3 Å². The summed E-state index contributed by atoms with van der Waals surface area (Å²) >= 11 is 0. The Morgan fingerprint density at radius 1 is 1.26 bits per heavy atom. The molecule has 0 aliphatic heterocycles. The fourth-order valence-corrected chi connectivity index (χ4v) is 1.82. The number of likely N-dealkylation sites (N-methyl/N-ethyl adjacent to an activating group) is 1. The summed E-state index contributed by atoms with van der Waals surface area (Å²) in [5, 5.41) is 9.04. The molecule has 0 fully saturated rings. The Morgan fingerprint density at radius 2 is 2.09 bits per heavy atom. The molecule has 1 rings (SSSR count). The van der Waals surface area contributed by atoms with Crippen molar-refractivity contribution in [2.24, 2.45) is 4.99 Å². The molecule has 7 nitrogen and oxygen atoms in total. The third kappa shape index (κ3) is 8.06. The second kappa shape index (κ2) is 11.3. The van der Waals surface area contributed by atoms with Crippen LogP contribution in [0.25, 0.3) is 0 Å². The van der Waals surface area contributed by atoms with Gasteiger partial charge in [0.2, 0.25) is 0 Å². The minimum absolute atomic E-state index is 0.0188. The molecule has 0 heterocycles. The summed E-state index contributed by atoms with van der Waals surface area (Å²) in [4.78, 5) is 15.5. The topological polar surface area (TPSA) is 84.0 Å². The molecule has 0 saturated carbocycles. The van der Waals surface area contributed by atoms with Gasteiger partial charge in [-0.1, -0.05) is 12.1 Å². The van der Waals surface area contributed by atoms with Crippen LogP contribution in [0.3, 0.4) is 0 Å². The van der Waals surface area contributed by atoms with E-state index in [9.17, 15) is 4.79 Å². The van der Waals surface area contributed by atoms with E-state index in [-0.39, 0.29) is 12.5 Å². The fraction of sp³-hybridized carbons (Fsp3) is 0.500. The van der Waals surface area contributed by atoms with Crippen molar-refractivity contribution in [2.45, 2.75) is 13.5 Å². The number of carbonyl (C=O) groups is 1. The van der Waals surface area contributed by atoms with Crippen molar-refractivity contribution in [2.75, 3.05) is 40.5 Å². The van der Waals surface area contributed by atoms with Gasteiger partial charge in [0.05, 0.1) is 6.61 Å². The van der Waals surface area contributed by atoms with E-state index in [1.54, 1.807) is 14.2 Å². The SMILES string of the molecule is CCNC(=O)COc1cccc(CNC(=NC)NCCOC)c1. The Balaban J connectivity index is 2.45. The second-order valence-corrected chi connectivity index (χ2v) is 4.73. The fourth-order valence-electron chi connectivity index (χ4n) is 1.82. The van der Waals surface area contributed by atoms with E-state index in [0.717, 1.165) is 5.56 Å². The molecule has 23 heavy (non-hydrogen) atoms. The molecule has 0 unspecified atom stereocenters. The number of amides is 1. The number of ether oxygens (including phenoxy) is 2. The van der Waals surface area contributed by atoms with Gasteiger partial charge in [0, 0.05) is 33.8 Å². The van der Waals surface area contributed by atoms with Crippen LogP contribution in [0.2, 0.25) is 0 Å². The van der Waals surface area contributed by atoms with Crippen LogP contribution in [0.4, 0.5) is 0 Å². The van der Waals surface area contributed by atoms with E-state index < -0.39 is 0 Å². The predicted octanol–water partition coefficient (Wildman–Crippen LogP) is 0.513. The smallest absolute Gasteiger partial charge is 0.257 e. The lowest BCUT2D eigenvalue weighted by Crippen LogP contribution is -2.38. The molecule has 128 valence electrons. The standard InChI is InChI=1S/C16H26N4O3/c1-4-18-15(21)12-23-14-7-5-6-13(10-14)11-20-16(17-2)19-8-9-22-3/h5-7,10H,4,8-9,11-12H2,1-3H3,(H,18,21)(H2,17,19,20). The number of hydrogen-bond acceptors (Lipinski definition) is 4. The first kappa shape index (κ1) is 18.8. The first-order chi connectivity index (χ1) is 11.2. The molecular formula is C16H26N4O3. The van der Waals surface area contributed by atoms with Crippen LogP contribution in [0.1, 0.15) is 12.5 Å². The van der Waals surface area contributed by atoms with Gasteiger partial charge in [0.1, 0.15) is 5.75 Å². The molecule has 0 atom stereocenters. The van der Waals surface area contributed by atoms with Crippen LogP contribution in [-0.2, 0) is 16.1 Å². The van der Waals surface area contributed by atoms with Gasteiger partial charge in [-0.25, -0.2) is 0 Å². The van der Waals surface area contributed by atoms with E-state index in [4.69, 9.17) is 9.47 Å². The van der Waals surface area contributed by atoms with Gasteiger partial charge in [-0.3, -0.25) is 9.79 Å². The lowest BCUT2D eigenvalue weighted by Gasteiger charge is -2.12. The van der Waals surface area contributed by atoms with Gasteiger partial charge in [0.15, 0.2) is 12.6 Å². The Hall–Kier alpha value is -2.28. The monoisotopic (exact) mass is 322 g/mol. The van der Waals surface area contributed by atoms with Gasteiger partial charge in [-0.2, -0.15) is 0 Å². The first-order valence-electron chi connectivity index (χ1n) is 7.61. The number of aliphatic imine (C=N–C) groups is 1. The van der Waals surface area contributed by atoms with Crippen molar-refractivity contribution in [3.63, 3.8) is 0 Å². The van der Waals surface area contributed by atoms with Crippen molar-refractivity contribution in [3.05, 3.63) is 29.8 Å². The Morgan fingerprint density at radius 3 is 2.78 bits per heavy atom. The summed E-state index contributed by atoms with van der Waals surface area (Å²) < 4.78 is 10.5. The molecule has 7 heteroatoms. The molecule has 0 aliphatic rings. The normalized spacial score (nSPS) is 11.0. The highest BCUT2D eigenvalue weighted by Crippen LogP contribution is 2.13. The summed E-state index contributed by atoms with van der Waals surface area (Å²) in [7, 11) is 3.37. The van der Waals surface area contributed by atoms with Crippen molar-refractivity contribution in [3.8, 4) is 5.75 Å². The zero-order chi connectivity index (χ0) is 16.9. The molecule has 0 saturated heterocycles. The minimum Gasteiger partial charge on any atom is -0.484 e. The quantitative estimate of drug-likeness (QED) is 0.350. The summed E-state index contributed by atoms with van der Waals surface area (Å²) in [6.07, 6.45) is 0. The van der Waals surface area contributed by atoms with Crippen LogP contribution in [-0.4, -0.2) is 52.3 Å². The van der Waals surface area contributed by atoms with Crippen molar-refractivity contribution >= 4 is 11.9 Å². The third-order valence-electron chi connectivity index (χ3n) is 2.92. The highest BCUT2D eigenvalue weighted by molar-refractivity contribution is 5.79. The van der Waals surface area contributed by atoms with Crippen LogP contribution < -0.4 is 20.7 Å². The maximum Gasteiger partial charge on any atom is 0.257 e. The zero-order valence-electron chi connectivity index (χ0n) is 14.0. The first-order valence-corrected chi connectivity index (χ1v) is 7.61. The second-order valence-electron chi connectivity index (χ2n) is 4.73. The predicted molar refractivity (Wildman–Crippen MR) is 90.7 cm³/mol. The number of methoxy groups -OCH3 is 1. The van der Waals surface area contributed by atoms with E-state index in [1.165, 1.54) is 0 Å². The summed E-state index contributed by atoms with van der Waals surface area (Å²) in [5.74, 6) is 1.24. The lowest BCUT2D eigenvalue weighted by atomic mass is 10.2. The number of rotatable bonds is 9. The van der Waals surface area contributed by atoms with E-state index in [0.29, 0.717) is 38.0 Å². The Bertz CT molecular complexity index is 506. The largest absolute Gasteiger partial charge is 0.484 e. The van der Waals surface area contributed by atoms with Crippen LogP contribution in [0, 0.1) is 0 Å². The Kier molecular flexibility index (Phi) is 9.23. The molecule has 1 aromatic carbocycles. The number of nitrogens with zero attached hydrogens (tertiary/aromatic N) is 1. The van der Waals surface area contributed by atoms with Gasteiger partial charge in [0.25, 0.3) is 5.91 Å². The molecule has 0 bridgehead atoms. The number of benzene rings is 1. The van der Waals surface area contributed by atoms with E-state index in [2.05, 4.69) is 20.9 Å². The number of guanidine groups is 1. The van der Waals surface area contributed by atoms with E-state index >= 15 is 0 Å². The summed E-state index contributed by atoms with van der Waals surface area (Å²) in [5.41, 5.74) is 1.04. The number of carbonyl (C=O) groups excluding carboxylic acids is 1. The molecule has 1 aromatic rings. The molecule has 1 amide bonds. The molecular weight excluding hydrogens is 296 g/mol. The van der Waals surface area contributed by atoms with Gasteiger partial charge >= 0.3 is 0 Å². The molecule has 0 radical (unpaired) electrons. The highest BCUT2D eigenvalue weighted by Gasteiger charge is 2.03. The van der Waals surface area contributed by atoms with Crippen molar-refractivity contribution in [1.29, 1.82) is 0 Å². The average Bonchev–Trinajstić information content (AvgIpc) is 2.57. The number of hydrogen-bond donors (Lipinski definition) is 3. The summed E-state index contributed by atoms with van der Waals surface area (Å²) in [6, 6.07) is 7.60. The van der Waals surface area contributed by atoms with Crippen LogP contribution in [0.5, 0.6) is 5.75 Å². The highest BCUT2D eigenvalue weighted by atomic mass is 16.5. The Labute approximate surface area is 137 Å². The van der Waals surface area contributed by atoms with Crippen LogP contribution >= 0.6 is 0 Å². The maximum atomic E-state index is 11.4. The van der Waals surface area contributed by atoms with Gasteiger partial charge < -0.3 is 25.4 Å². The lowest BCUT2D eigenvalue weighted by molar-refractivity contribution is -0.122. The van der Waals surface area contributed by atoms with Crippen molar-refractivity contribution < 1.29 is 14.3 Å². The molecule has 0 aromatic heterocycles. The van der Waals surface area contributed by atoms with Gasteiger partial charge in [-0.05, 0) is 24.6 Å². The van der Waals surface area contributed by atoms with Crippen molar-refractivity contribution in [1.82, 2.24) is 16.0 Å². The average molecular weight is 322 g/mol. The maximum absolute atomic E-state index is 11.4.